The highest BCUT2D eigenvalue weighted by Gasteiger charge is 2.20. The largest absolute Gasteiger partial charge is 0.466 e. The standard InChI is InChI=1S/C22H25ClN2O4/c1-4-29-21(27)12-19(17-9-15(3)10-18(23)11-17)25-20(26)13-24-22(28)16-7-5-6-14(2)8-16/h5-11,19H,4,12-13H2,1-3H3,(H,24,28)(H,25,26). The van der Waals surface area contributed by atoms with E-state index in [1.807, 2.05) is 26.0 Å². The highest BCUT2D eigenvalue weighted by molar-refractivity contribution is 6.30. The maximum atomic E-state index is 12.4. The highest BCUT2D eigenvalue weighted by atomic mass is 35.5. The zero-order chi connectivity index (χ0) is 21.4. The second kappa shape index (κ2) is 10.6. The third kappa shape index (κ3) is 7.23. The van der Waals surface area contributed by atoms with Gasteiger partial charge < -0.3 is 15.4 Å². The summed E-state index contributed by atoms with van der Waals surface area (Å²) in [6.45, 7) is 5.51. The third-order valence-electron chi connectivity index (χ3n) is 4.17. The fourth-order valence-electron chi connectivity index (χ4n) is 2.90. The SMILES string of the molecule is CCOC(=O)CC(NC(=O)CNC(=O)c1cccc(C)c1)c1cc(C)cc(Cl)c1. The van der Waals surface area contributed by atoms with Crippen LogP contribution in [-0.4, -0.2) is 30.9 Å². The first kappa shape index (κ1) is 22.4. The second-order valence-electron chi connectivity index (χ2n) is 6.74. The Kier molecular flexibility index (Phi) is 8.21. The van der Waals surface area contributed by atoms with E-state index in [2.05, 4.69) is 10.6 Å². The maximum Gasteiger partial charge on any atom is 0.308 e. The van der Waals surface area contributed by atoms with Crippen LogP contribution in [0.2, 0.25) is 5.02 Å². The first-order chi connectivity index (χ1) is 13.8. The topological polar surface area (TPSA) is 84.5 Å². The van der Waals surface area contributed by atoms with Crippen LogP contribution in [0.4, 0.5) is 0 Å². The van der Waals surface area contributed by atoms with Crippen molar-refractivity contribution in [3.8, 4) is 0 Å². The lowest BCUT2D eigenvalue weighted by Gasteiger charge is -2.19. The zero-order valence-corrected chi connectivity index (χ0v) is 17.5. The molecule has 1 atom stereocenters. The van der Waals surface area contributed by atoms with Crippen LogP contribution >= 0.6 is 11.6 Å². The van der Waals surface area contributed by atoms with Crippen molar-refractivity contribution in [1.82, 2.24) is 10.6 Å². The van der Waals surface area contributed by atoms with Gasteiger partial charge in [-0.3, -0.25) is 14.4 Å². The molecule has 2 amide bonds. The predicted octanol–water partition coefficient (Wildman–Crippen LogP) is 3.50. The summed E-state index contributed by atoms with van der Waals surface area (Å²) in [5.41, 5.74) is 3.03. The molecule has 2 N–H and O–H groups in total. The molecule has 0 aliphatic heterocycles. The van der Waals surface area contributed by atoms with Crippen LogP contribution in [0, 0.1) is 13.8 Å². The van der Waals surface area contributed by atoms with E-state index in [-0.39, 0.29) is 25.5 Å². The molecule has 0 radical (unpaired) electrons. The molecule has 0 heterocycles. The molecular formula is C22H25ClN2O4. The van der Waals surface area contributed by atoms with Crippen LogP contribution in [0.1, 0.15) is 46.4 Å². The van der Waals surface area contributed by atoms with Crippen LogP contribution in [-0.2, 0) is 14.3 Å². The summed E-state index contributed by atoms with van der Waals surface area (Å²) in [5.74, 6) is -1.19. The molecule has 2 aromatic carbocycles. The fraction of sp³-hybridized carbons (Fsp3) is 0.318. The summed E-state index contributed by atoms with van der Waals surface area (Å²) in [7, 11) is 0. The van der Waals surface area contributed by atoms with Gasteiger partial charge in [0.2, 0.25) is 5.91 Å². The molecule has 1 unspecified atom stereocenters. The van der Waals surface area contributed by atoms with Gasteiger partial charge in [-0.25, -0.2) is 0 Å². The van der Waals surface area contributed by atoms with Crippen molar-refractivity contribution in [3.05, 3.63) is 69.7 Å². The quantitative estimate of drug-likeness (QED) is 0.645. The van der Waals surface area contributed by atoms with E-state index >= 15 is 0 Å². The van der Waals surface area contributed by atoms with Crippen LogP contribution in [0.5, 0.6) is 0 Å². The minimum Gasteiger partial charge on any atom is -0.466 e. The van der Waals surface area contributed by atoms with Gasteiger partial charge in [0.05, 0.1) is 25.6 Å². The molecule has 154 valence electrons. The Bertz CT molecular complexity index is 878. The molecule has 0 aliphatic rings. The summed E-state index contributed by atoms with van der Waals surface area (Å²) in [4.78, 5) is 36.6. The van der Waals surface area contributed by atoms with Crippen molar-refractivity contribution >= 4 is 29.4 Å². The third-order valence-corrected chi connectivity index (χ3v) is 4.39. The predicted molar refractivity (Wildman–Crippen MR) is 112 cm³/mol. The molecular weight excluding hydrogens is 392 g/mol. The Morgan fingerprint density at radius 2 is 1.83 bits per heavy atom. The van der Waals surface area contributed by atoms with Crippen molar-refractivity contribution in [1.29, 1.82) is 0 Å². The number of hydrogen-bond donors (Lipinski definition) is 2. The van der Waals surface area contributed by atoms with Crippen molar-refractivity contribution in [3.63, 3.8) is 0 Å². The van der Waals surface area contributed by atoms with Crippen LogP contribution in [0.25, 0.3) is 0 Å². The van der Waals surface area contributed by atoms with E-state index in [4.69, 9.17) is 16.3 Å². The molecule has 0 fully saturated rings. The molecule has 7 heteroatoms. The summed E-state index contributed by atoms with van der Waals surface area (Å²) in [6.07, 6.45) is -0.0365. The van der Waals surface area contributed by atoms with Gasteiger partial charge in [0.25, 0.3) is 5.91 Å². The molecule has 0 saturated heterocycles. The number of aryl methyl sites for hydroxylation is 2. The van der Waals surface area contributed by atoms with Gasteiger partial charge in [-0.1, -0.05) is 35.4 Å². The Balaban J connectivity index is 2.05. The van der Waals surface area contributed by atoms with Gasteiger partial charge in [0.1, 0.15) is 0 Å². The maximum absolute atomic E-state index is 12.4. The first-order valence-electron chi connectivity index (χ1n) is 9.35. The van der Waals surface area contributed by atoms with Crippen LogP contribution in [0.3, 0.4) is 0 Å². The summed E-state index contributed by atoms with van der Waals surface area (Å²) >= 11 is 6.13. The van der Waals surface area contributed by atoms with E-state index in [0.29, 0.717) is 16.1 Å². The van der Waals surface area contributed by atoms with E-state index in [1.165, 1.54) is 0 Å². The normalized spacial score (nSPS) is 11.4. The molecule has 29 heavy (non-hydrogen) atoms. The summed E-state index contributed by atoms with van der Waals surface area (Å²) in [6, 6.07) is 11.8. The number of rotatable bonds is 8. The average molecular weight is 417 g/mol. The summed E-state index contributed by atoms with van der Waals surface area (Å²) in [5, 5.41) is 5.88. The van der Waals surface area contributed by atoms with Gasteiger partial charge in [-0.05, 0) is 56.2 Å². The number of nitrogens with one attached hydrogen (secondary N) is 2. The average Bonchev–Trinajstić information content (AvgIpc) is 2.65. The van der Waals surface area contributed by atoms with Crippen molar-refractivity contribution < 1.29 is 19.1 Å². The Morgan fingerprint density at radius 1 is 1.07 bits per heavy atom. The number of halogens is 1. The first-order valence-corrected chi connectivity index (χ1v) is 9.73. The molecule has 0 aliphatic carbocycles. The smallest absolute Gasteiger partial charge is 0.308 e. The molecule has 0 aromatic heterocycles. The van der Waals surface area contributed by atoms with E-state index in [9.17, 15) is 14.4 Å². The van der Waals surface area contributed by atoms with E-state index in [0.717, 1.165) is 11.1 Å². The van der Waals surface area contributed by atoms with Crippen LogP contribution in [0.15, 0.2) is 42.5 Å². The monoisotopic (exact) mass is 416 g/mol. The van der Waals surface area contributed by atoms with Gasteiger partial charge in [0, 0.05) is 10.6 Å². The minimum absolute atomic E-state index is 0.0365. The van der Waals surface area contributed by atoms with E-state index in [1.54, 1.807) is 37.3 Å². The van der Waals surface area contributed by atoms with Gasteiger partial charge in [0.15, 0.2) is 0 Å². The summed E-state index contributed by atoms with van der Waals surface area (Å²) < 4.78 is 5.01. The molecule has 0 saturated carbocycles. The second-order valence-corrected chi connectivity index (χ2v) is 7.18. The van der Waals surface area contributed by atoms with Gasteiger partial charge >= 0.3 is 5.97 Å². The molecule has 6 nitrogen and oxygen atoms in total. The van der Waals surface area contributed by atoms with Crippen molar-refractivity contribution in [2.45, 2.75) is 33.2 Å². The number of benzene rings is 2. The van der Waals surface area contributed by atoms with E-state index < -0.39 is 17.9 Å². The number of esters is 1. The number of carbonyl (C=O) groups excluding carboxylic acids is 3. The van der Waals surface area contributed by atoms with Crippen LogP contribution < -0.4 is 10.6 Å². The Labute approximate surface area is 175 Å². The Hall–Kier alpha value is -2.86. The lowest BCUT2D eigenvalue weighted by Crippen LogP contribution is -2.39. The number of hydrogen-bond acceptors (Lipinski definition) is 4. The molecule has 2 rings (SSSR count). The number of amides is 2. The molecule has 2 aromatic rings. The molecule has 0 spiro atoms. The fourth-order valence-corrected chi connectivity index (χ4v) is 3.20. The lowest BCUT2D eigenvalue weighted by atomic mass is 10.0. The minimum atomic E-state index is -0.616. The number of carbonyl (C=O) groups is 3. The molecule has 0 bridgehead atoms. The Morgan fingerprint density at radius 3 is 2.48 bits per heavy atom. The van der Waals surface area contributed by atoms with Gasteiger partial charge in [-0.2, -0.15) is 0 Å². The van der Waals surface area contributed by atoms with Gasteiger partial charge in [-0.15, -0.1) is 0 Å². The van der Waals surface area contributed by atoms with Crippen molar-refractivity contribution in [2.24, 2.45) is 0 Å². The zero-order valence-electron chi connectivity index (χ0n) is 16.8. The van der Waals surface area contributed by atoms with Crippen molar-refractivity contribution in [2.75, 3.05) is 13.2 Å². The number of ether oxygens (including phenoxy) is 1. The highest BCUT2D eigenvalue weighted by Crippen LogP contribution is 2.23. The lowest BCUT2D eigenvalue weighted by molar-refractivity contribution is -0.143.